The van der Waals surface area contributed by atoms with Crippen molar-refractivity contribution < 1.29 is 4.79 Å². The van der Waals surface area contributed by atoms with Crippen LogP contribution in [0, 0.1) is 5.92 Å². The van der Waals surface area contributed by atoms with Gasteiger partial charge in [0, 0.05) is 19.6 Å². The predicted octanol–water partition coefficient (Wildman–Crippen LogP) is 2.15. The zero-order valence-electron chi connectivity index (χ0n) is 15.1. The molecule has 132 valence electrons. The Morgan fingerprint density at radius 1 is 1.25 bits per heavy atom. The minimum Gasteiger partial charge on any atom is -0.340 e. The highest BCUT2D eigenvalue weighted by Gasteiger charge is 2.31. The molecule has 1 aromatic carbocycles. The molecule has 0 radical (unpaired) electrons. The molecule has 1 aromatic rings. The molecule has 4 nitrogen and oxygen atoms in total. The van der Waals surface area contributed by atoms with Gasteiger partial charge >= 0.3 is 0 Å². The Bertz CT molecular complexity index is 519. The molecule has 0 bridgehead atoms. The number of carbonyl (C=O) groups excluding carboxylic acids is 1. The number of likely N-dealkylation sites (tertiary alicyclic amines) is 1. The van der Waals surface area contributed by atoms with E-state index in [0.29, 0.717) is 6.04 Å². The van der Waals surface area contributed by atoms with Crippen LogP contribution in [0.1, 0.15) is 31.7 Å². The number of nitrogens with one attached hydrogen (secondary N) is 1. The van der Waals surface area contributed by atoms with Gasteiger partial charge in [0.1, 0.15) is 0 Å². The fraction of sp³-hybridized carbons (Fsp3) is 0.650. The topological polar surface area (TPSA) is 35.6 Å². The summed E-state index contributed by atoms with van der Waals surface area (Å²) in [5.74, 6) is 1.04. The molecule has 2 fully saturated rings. The number of benzene rings is 1. The molecule has 3 rings (SSSR count). The lowest BCUT2D eigenvalue weighted by atomic mass is 9.89. The van der Waals surface area contributed by atoms with Gasteiger partial charge in [0.05, 0.1) is 6.04 Å². The smallest absolute Gasteiger partial charge is 0.239 e. The molecule has 0 saturated carbocycles. The first-order valence-corrected chi connectivity index (χ1v) is 9.40. The predicted molar refractivity (Wildman–Crippen MR) is 97.9 cm³/mol. The molecular weight excluding hydrogens is 298 g/mol. The Kier molecular flexibility index (Phi) is 5.90. The van der Waals surface area contributed by atoms with Crippen LogP contribution >= 0.6 is 0 Å². The number of nitrogens with zero attached hydrogens (tertiary/aromatic N) is 2. The normalized spacial score (nSPS) is 24.0. The first-order valence-electron chi connectivity index (χ1n) is 9.40. The highest BCUT2D eigenvalue weighted by Crippen LogP contribution is 2.23. The van der Waals surface area contributed by atoms with Gasteiger partial charge in [-0.2, -0.15) is 0 Å². The Labute approximate surface area is 146 Å². The van der Waals surface area contributed by atoms with E-state index in [1.807, 2.05) is 11.9 Å². The first-order chi connectivity index (χ1) is 11.6. The van der Waals surface area contributed by atoms with Crippen molar-refractivity contribution >= 4 is 5.91 Å². The summed E-state index contributed by atoms with van der Waals surface area (Å²) < 4.78 is 0. The molecule has 2 aliphatic rings. The lowest BCUT2D eigenvalue weighted by molar-refractivity contribution is -0.137. The van der Waals surface area contributed by atoms with Crippen LogP contribution in [-0.4, -0.2) is 61.0 Å². The van der Waals surface area contributed by atoms with Crippen LogP contribution in [0.15, 0.2) is 30.3 Å². The minimum atomic E-state index is 0.00766. The number of rotatable bonds is 5. The summed E-state index contributed by atoms with van der Waals surface area (Å²) in [6.07, 6.45) is 4.64. The number of hydrogen-bond donors (Lipinski definition) is 1. The zero-order valence-corrected chi connectivity index (χ0v) is 15.1. The summed E-state index contributed by atoms with van der Waals surface area (Å²) in [5.41, 5.74) is 1.44. The van der Waals surface area contributed by atoms with E-state index in [4.69, 9.17) is 0 Å². The van der Waals surface area contributed by atoms with Gasteiger partial charge in [-0.1, -0.05) is 30.3 Å². The van der Waals surface area contributed by atoms with Crippen LogP contribution in [0.25, 0.3) is 0 Å². The largest absolute Gasteiger partial charge is 0.340 e. The van der Waals surface area contributed by atoms with Crippen molar-refractivity contribution in [2.24, 2.45) is 5.92 Å². The number of likely N-dealkylation sites (N-methyl/N-ethyl adjacent to an activating group) is 1. The van der Waals surface area contributed by atoms with E-state index in [9.17, 15) is 4.79 Å². The molecule has 2 heterocycles. The molecule has 0 aromatic heterocycles. The number of hydrogen-bond acceptors (Lipinski definition) is 3. The molecule has 24 heavy (non-hydrogen) atoms. The monoisotopic (exact) mass is 329 g/mol. The van der Waals surface area contributed by atoms with Crippen LogP contribution in [0.2, 0.25) is 0 Å². The van der Waals surface area contributed by atoms with Gasteiger partial charge in [-0.3, -0.25) is 9.69 Å². The van der Waals surface area contributed by atoms with Crippen molar-refractivity contribution in [3.63, 3.8) is 0 Å². The van der Waals surface area contributed by atoms with Crippen molar-refractivity contribution in [2.45, 2.75) is 44.7 Å². The highest BCUT2D eigenvalue weighted by atomic mass is 16.2. The lowest BCUT2D eigenvalue weighted by Crippen LogP contribution is -2.51. The standard InChI is InChI=1S/C20H31N3O/c1-16(20(24)22(2)19-8-11-21-15-19)23-12-9-18(10-13-23)14-17-6-4-3-5-7-17/h3-7,16,18-19,21H,8-15H2,1-2H3. The maximum absolute atomic E-state index is 12.8. The number of carbonyl (C=O) groups is 1. The van der Waals surface area contributed by atoms with E-state index >= 15 is 0 Å². The molecular formula is C20H31N3O. The van der Waals surface area contributed by atoms with Gasteiger partial charge in [-0.25, -0.2) is 0 Å². The maximum Gasteiger partial charge on any atom is 0.239 e. The second kappa shape index (κ2) is 8.13. The van der Waals surface area contributed by atoms with E-state index < -0.39 is 0 Å². The summed E-state index contributed by atoms with van der Waals surface area (Å²) in [7, 11) is 1.97. The van der Waals surface area contributed by atoms with Gasteiger partial charge < -0.3 is 10.2 Å². The molecule has 2 saturated heterocycles. The average molecular weight is 329 g/mol. The average Bonchev–Trinajstić information content (AvgIpc) is 3.16. The molecule has 2 aliphatic heterocycles. The third-order valence-electron chi connectivity index (χ3n) is 5.85. The molecule has 2 unspecified atom stereocenters. The fourth-order valence-electron chi connectivity index (χ4n) is 4.09. The second-order valence-corrected chi connectivity index (χ2v) is 7.44. The second-order valence-electron chi connectivity index (χ2n) is 7.44. The van der Waals surface area contributed by atoms with Gasteiger partial charge in [-0.15, -0.1) is 0 Å². The van der Waals surface area contributed by atoms with Gasteiger partial charge in [0.25, 0.3) is 0 Å². The Morgan fingerprint density at radius 2 is 1.96 bits per heavy atom. The van der Waals surface area contributed by atoms with Crippen molar-refractivity contribution in [1.29, 1.82) is 0 Å². The van der Waals surface area contributed by atoms with E-state index in [1.165, 1.54) is 24.8 Å². The van der Waals surface area contributed by atoms with Crippen LogP contribution in [0.4, 0.5) is 0 Å². The van der Waals surface area contributed by atoms with E-state index in [1.54, 1.807) is 0 Å². The Hall–Kier alpha value is -1.39. The lowest BCUT2D eigenvalue weighted by Gasteiger charge is -2.37. The van der Waals surface area contributed by atoms with E-state index in [0.717, 1.165) is 38.5 Å². The van der Waals surface area contributed by atoms with Crippen molar-refractivity contribution in [3.8, 4) is 0 Å². The molecule has 4 heteroatoms. The van der Waals surface area contributed by atoms with Crippen molar-refractivity contribution in [1.82, 2.24) is 15.1 Å². The summed E-state index contributed by atoms with van der Waals surface area (Å²) in [5, 5.41) is 3.35. The van der Waals surface area contributed by atoms with Crippen molar-refractivity contribution in [3.05, 3.63) is 35.9 Å². The quantitative estimate of drug-likeness (QED) is 0.899. The summed E-state index contributed by atoms with van der Waals surface area (Å²) in [6.45, 7) is 6.14. The third kappa shape index (κ3) is 4.17. The first kappa shape index (κ1) is 17.4. The maximum atomic E-state index is 12.8. The van der Waals surface area contributed by atoms with Crippen LogP contribution in [0.5, 0.6) is 0 Å². The van der Waals surface area contributed by atoms with Gasteiger partial charge in [0.15, 0.2) is 0 Å². The van der Waals surface area contributed by atoms with Crippen molar-refractivity contribution in [2.75, 3.05) is 33.2 Å². The third-order valence-corrected chi connectivity index (χ3v) is 5.85. The minimum absolute atomic E-state index is 0.00766. The number of piperidine rings is 1. The van der Waals surface area contributed by atoms with Crippen LogP contribution in [-0.2, 0) is 11.2 Å². The molecule has 2 atom stereocenters. The van der Waals surface area contributed by atoms with Crippen LogP contribution in [0.3, 0.4) is 0 Å². The fourth-order valence-corrected chi connectivity index (χ4v) is 4.09. The summed E-state index contributed by atoms with van der Waals surface area (Å²) in [6, 6.07) is 11.2. The Balaban J connectivity index is 1.47. The Morgan fingerprint density at radius 3 is 2.58 bits per heavy atom. The van der Waals surface area contributed by atoms with Crippen LogP contribution < -0.4 is 5.32 Å². The molecule has 1 N–H and O–H groups in total. The van der Waals surface area contributed by atoms with E-state index in [-0.39, 0.29) is 11.9 Å². The van der Waals surface area contributed by atoms with E-state index in [2.05, 4.69) is 47.5 Å². The van der Waals surface area contributed by atoms with Gasteiger partial charge in [-0.05, 0) is 63.7 Å². The summed E-state index contributed by atoms with van der Waals surface area (Å²) >= 11 is 0. The number of amides is 1. The molecule has 0 spiro atoms. The highest BCUT2D eigenvalue weighted by molar-refractivity contribution is 5.81. The zero-order chi connectivity index (χ0) is 16.9. The molecule has 1 amide bonds. The molecule has 0 aliphatic carbocycles. The summed E-state index contributed by atoms with van der Waals surface area (Å²) in [4.78, 5) is 17.1. The van der Waals surface area contributed by atoms with Gasteiger partial charge in [0.2, 0.25) is 5.91 Å². The SMILES string of the molecule is CC(C(=O)N(C)C1CCNC1)N1CCC(Cc2ccccc2)CC1.